The molecular weight excluding hydrogens is 360 g/mol. The maximum atomic E-state index is 12.9. The van der Waals surface area contributed by atoms with Crippen LogP contribution in [0.15, 0.2) is 48.5 Å². The molecule has 0 aliphatic rings. The molecule has 0 bridgehead atoms. The van der Waals surface area contributed by atoms with Crippen LogP contribution in [0.1, 0.15) is 36.0 Å². The second kappa shape index (κ2) is 7.39. The lowest BCUT2D eigenvalue weighted by atomic mass is 9.95. The molecule has 2 nitrogen and oxygen atoms in total. The second-order valence-corrected chi connectivity index (χ2v) is 5.66. The van der Waals surface area contributed by atoms with Crippen molar-refractivity contribution in [3.05, 3.63) is 65.2 Å². The third kappa shape index (κ3) is 4.77. The number of nitrogens with one attached hydrogen (secondary N) is 1. The lowest BCUT2D eigenvalue weighted by Gasteiger charge is -2.18. The van der Waals surface area contributed by atoms with Gasteiger partial charge in [-0.05, 0) is 30.2 Å². The SMILES string of the molecule is CCC(C(=O)Nc1cc(C(F)(F)F)cc(C(F)(F)F)c1)c1ccccc1. The van der Waals surface area contributed by atoms with Crippen molar-refractivity contribution in [1.29, 1.82) is 0 Å². The molecule has 0 spiro atoms. The number of benzene rings is 2. The van der Waals surface area contributed by atoms with E-state index in [0.717, 1.165) is 0 Å². The molecule has 1 unspecified atom stereocenters. The van der Waals surface area contributed by atoms with Gasteiger partial charge >= 0.3 is 12.4 Å². The van der Waals surface area contributed by atoms with E-state index < -0.39 is 41.0 Å². The second-order valence-electron chi connectivity index (χ2n) is 5.66. The maximum absolute atomic E-state index is 12.9. The number of carbonyl (C=O) groups is 1. The number of hydrogen-bond acceptors (Lipinski definition) is 1. The van der Waals surface area contributed by atoms with E-state index in [2.05, 4.69) is 5.32 Å². The normalized spacial score (nSPS) is 13.3. The molecule has 0 aliphatic carbocycles. The monoisotopic (exact) mass is 375 g/mol. The van der Waals surface area contributed by atoms with Crippen molar-refractivity contribution in [2.75, 3.05) is 5.32 Å². The molecule has 2 rings (SSSR count). The van der Waals surface area contributed by atoms with Crippen molar-refractivity contribution in [2.45, 2.75) is 31.6 Å². The molecule has 2 aromatic rings. The van der Waals surface area contributed by atoms with Gasteiger partial charge in [0.05, 0.1) is 17.0 Å². The summed E-state index contributed by atoms with van der Waals surface area (Å²) in [7, 11) is 0. The van der Waals surface area contributed by atoms with Crippen molar-refractivity contribution in [2.24, 2.45) is 0 Å². The summed E-state index contributed by atoms with van der Waals surface area (Å²) in [5, 5.41) is 2.18. The average Bonchev–Trinajstić information content (AvgIpc) is 2.54. The van der Waals surface area contributed by atoms with E-state index in [0.29, 0.717) is 24.1 Å². The van der Waals surface area contributed by atoms with Crippen LogP contribution in [0.2, 0.25) is 0 Å². The van der Waals surface area contributed by atoms with Crippen LogP contribution >= 0.6 is 0 Å². The summed E-state index contributed by atoms with van der Waals surface area (Å²) in [4.78, 5) is 12.4. The van der Waals surface area contributed by atoms with E-state index in [-0.39, 0.29) is 6.07 Å². The summed E-state index contributed by atoms with van der Waals surface area (Å²) in [6, 6.07) is 9.45. The zero-order valence-corrected chi connectivity index (χ0v) is 13.6. The van der Waals surface area contributed by atoms with Crippen LogP contribution < -0.4 is 5.32 Å². The molecule has 0 radical (unpaired) electrons. The highest BCUT2D eigenvalue weighted by molar-refractivity contribution is 5.96. The van der Waals surface area contributed by atoms with Crippen LogP contribution in [0.3, 0.4) is 0 Å². The number of alkyl halides is 6. The van der Waals surface area contributed by atoms with Crippen LogP contribution in [0.25, 0.3) is 0 Å². The highest BCUT2D eigenvalue weighted by Crippen LogP contribution is 2.37. The third-order valence-corrected chi connectivity index (χ3v) is 3.78. The Morgan fingerprint density at radius 1 is 0.923 bits per heavy atom. The Kier molecular flexibility index (Phi) is 5.63. The van der Waals surface area contributed by atoms with Gasteiger partial charge in [-0.25, -0.2) is 0 Å². The lowest BCUT2D eigenvalue weighted by Crippen LogP contribution is -2.21. The van der Waals surface area contributed by atoms with E-state index in [1.807, 2.05) is 0 Å². The molecule has 8 heteroatoms. The van der Waals surface area contributed by atoms with Gasteiger partial charge in [0.2, 0.25) is 5.91 Å². The highest BCUT2D eigenvalue weighted by atomic mass is 19.4. The topological polar surface area (TPSA) is 29.1 Å². The molecule has 0 saturated carbocycles. The van der Waals surface area contributed by atoms with E-state index in [9.17, 15) is 31.1 Å². The van der Waals surface area contributed by atoms with Crippen LogP contribution in [0.5, 0.6) is 0 Å². The molecule has 26 heavy (non-hydrogen) atoms. The first-order valence-corrected chi connectivity index (χ1v) is 7.67. The minimum Gasteiger partial charge on any atom is -0.326 e. The van der Waals surface area contributed by atoms with Crippen LogP contribution in [0.4, 0.5) is 32.0 Å². The van der Waals surface area contributed by atoms with Crippen molar-refractivity contribution in [3.8, 4) is 0 Å². The number of hydrogen-bond donors (Lipinski definition) is 1. The molecule has 140 valence electrons. The summed E-state index contributed by atoms with van der Waals surface area (Å²) in [5.41, 5.74) is -2.88. The standard InChI is InChI=1S/C18H15F6NO/c1-2-15(11-6-4-3-5-7-11)16(26)25-14-9-12(17(19,20)21)8-13(10-14)18(22,23)24/h3-10,15H,2H2,1H3,(H,25,26). The predicted octanol–water partition coefficient (Wildman–Crippen LogP) is 5.86. The molecule has 0 fully saturated rings. The van der Waals surface area contributed by atoms with Crippen molar-refractivity contribution < 1.29 is 31.1 Å². The largest absolute Gasteiger partial charge is 0.416 e. The molecule has 1 N–H and O–H groups in total. The average molecular weight is 375 g/mol. The summed E-state index contributed by atoms with van der Waals surface area (Å²) in [6.45, 7) is 1.70. The zero-order chi connectivity index (χ0) is 19.5. The molecule has 2 aromatic carbocycles. The number of carbonyl (C=O) groups excluding carboxylic acids is 1. The third-order valence-electron chi connectivity index (χ3n) is 3.78. The van der Waals surface area contributed by atoms with Gasteiger partial charge in [-0.2, -0.15) is 26.3 Å². The fourth-order valence-electron chi connectivity index (χ4n) is 2.51. The smallest absolute Gasteiger partial charge is 0.326 e. The highest BCUT2D eigenvalue weighted by Gasteiger charge is 2.37. The van der Waals surface area contributed by atoms with Crippen molar-refractivity contribution in [3.63, 3.8) is 0 Å². The minimum absolute atomic E-state index is 0.0180. The van der Waals surface area contributed by atoms with E-state index in [4.69, 9.17) is 0 Å². The van der Waals surface area contributed by atoms with Gasteiger partial charge in [0.25, 0.3) is 0 Å². The molecular formula is C18H15F6NO. The van der Waals surface area contributed by atoms with Gasteiger partial charge in [-0.1, -0.05) is 37.3 Å². The molecule has 0 heterocycles. The minimum atomic E-state index is -4.97. The summed E-state index contributed by atoms with van der Waals surface area (Å²) < 4.78 is 77.3. The quantitative estimate of drug-likeness (QED) is 0.667. The molecule has 1 amide bonds. The lowest BCUT2D eigenvalue weighted by molar-refractivity contribution is -0.143. The number of amides is 1. The first-order valence-electron chi connectivity index (χ1n) is 7.67. The van der Waals surface area contributed by atoms with Crippen LogP contribution in [-0.4, -0.2) is 5.91 Å². The van der Waals surface area contributed by atoms with Gasteiger partial charge in [0, 0.05) is 5.69 Å². The molecule has 0 saturated heterocycles. The van der Waals surface area contributed by atoms with Crippen molar-refractivity contribution >= 4 is 11.6 Å². The Hall–Kier alpha value is -2.51. The Morgan fingerprint density at radius 2 is 1.42 bits per heavy atom. The Balaban J connectivity index is 2.37. The number of rotatable bonds is 4. The zero-order valence-electron chi connectivity index (χ0n) is 13.6. The van der Waals surface area contributed by atoms with Gasteiger partial charge < -0.3 is 5.32 Å². The number of anilines is 1. The predicted molar refractivity (Wildman–Crippen MR) is 84.5 cm³/mol. The molecule has 0 aromatic heterocycles. The van der Waals surface area contributed by atoms with Crippen LogP contribution in [0, 0.1) is 0 Å². The first kappa shape index (κ1) is 19.8. The fraction of sp³-hybridized carbons (Fsp3) is 0.278. The van der Waals surface area contributed by atoms with E-state index in [1.165, 1.54) is 0 Å². The van der Waals surface area contributed by atoms with Gasteiger partial charge in [-0.15, -0.1) is 0 Å². The van der Waals surface area contributed by atoms with E-state index >= 15 is 0 Å². The van der Waals surface area contributed by atoms with Gasteiger partial charge in [-0.3, -0.25) is 4.79 Å². The Labute approximate surface area is 145 Å². The van der Waals surface area contributed by atoms with Gasteiger partial charge in [0.15, 0.2) is 0 Å². The molecule has 0 aliphatic heterocycles. The Bertz CT molecular complexity index is 735. The summed E-state index contributed by atoms with van der Waals surface area (Å²) in [5.74, 6) is -1.37. The number of halogens is 6. The maximum Gasteiger partial charge on any atom is 0.416 e. The van der Waals surface area contributed by atoms with Gasteiger partial charge in [0.1, 0.15) is 0 Å². The van der Waals surface area contributed by atoms with Crippen molar-refractivity contribution in [1.82, 2.24) is 0 Å². The fourth-order valence-corrected chi connectivity index (χ4v) is 2.51. The van der Waals surface area contributed by atoms with E-state index in [1.54, 1.807) is 37.3 Å². The summed E-state index contributed by atoms with van der Waals surface area (Å²) >= 11 is 0. The Morgan fingerprint density at radius 3 is 1.85 bits per heavy atom. The summed E-state index contributed by atoms with van der Waals surface area (Å²) in [6.07, 6.45) is -9.60. The first-order chi connectivity index (χ1) is 12.0. The van der Waals surface area contributed by atoms with Crippen LogP contribution in [-0.2, 0) is 17.1 Å². The molecule has 1 atom stereocenters.